The Balaban J connectivity index is 2.49. The fraction of sp³-hybridized carbons (Fsp3) is 0.857. The second kappa shape index (κ2) is 3.12. The van der Waals surface area contributed by atoms with E-state index >= 15 is 0 Å². The number of aliphatic hydroxyl groups is 1. The molecule has 0 aromatic rings. The molecular weight excluding hydrogens is 132 g/mol. The zero-order valence-electron chi connectivity index (χ0n) is 6.04. The molecule has 3 nitrogen and oxygen atoms in total. The van der Waals surface area contributed by atoms with E-state index in [1.807, 2.05) is 6.92 Å². The molecule has 1 heterocycles. The first-order chi connectivity index (χ1) is 4.70. The van der Waals surface area contributed by atoms with Crippen LogP contribution in [0.1, 0.15) is 26.2 Å². The number of Topliss-reactive ketones (excluding diaryl/α,β-unsaturated/α-hetero) is 1. The summed E-state index contributed by atoms with van der Waals surface area (Å²) < 4.78 is 4.93. The summed E-state index contributed by atoms with van der Waals surface area (Å²) in [5.74, 6) is -0.190. The molecule has 2 atom stereocenters. The van der Waals surface area contributed by atoms with Crippen LogP contribution >= 0.6 is 0 Å². The Labute approximate surface area is 60.0 Å². The van der Waals surface area contributed by atoms with Crippen LogP contribution in [0.25, 0.3) is 0 Å². The summed E-state index contributed by atoms with van der Waals surface area (Å²) in [7, 11) is 0. The van der Waals surface area contributed by atoms with Crippen LogP contribution < -0.4 is 0 Å². The Kier molecular flexibility index (Phi) is 2.40. The van der Waals surface area contributed by atoms with Crippen LogP contribution in [0.3, 0.4) is 0 Å². The molecule has 0 amide bonds. The fourth-order valence-electron chi connectivity index (χ4n) is 1.05. The van der Waals surface area contributed by atoms with Gasteiger partial charge >= 0.3 is 0 Å². The molecule has 2 unspecified atom stereocenters. The number of ether oxygens (including phenoxy) is 1. The lowest BCUT2D eigenvalue weighted by Crippen LogP contribution is -2.24. The minimum atomic E-state index is -1.17. The highest BCUT2D eigenvalue weighted by molar-refractivity contribution is 5.81. The van der Waals surface area contributed by atoms with Gasteiger partial charge in [-0.1, -0.05) is 0 Å². The lowest BCUT2D eigenvalue weighted by Gasteiger charge is -2.11. The van der Waals surface area contributed by atoms with Crippen molar-refractivity contribution in [3.8, 4) is 0 Å². The van der Waals surface area contributed by atoms with Crippen molar-refractivity contribution in [1.82, 2.24) is 0 Å². The third-order valence-electron chi connectivity index (χ3n) is 1.67. The molecule has 0 aromatic carbocycles. The van der Waals surface area contributed by atoms with Crippen molar-refractivity contribution in [3.05, 3.63) is 0 Å². The van der Waals surface area contributed by atoms with Gasteiger partial charge in [0.2, 0.25) is 6.29 Å². The van der Waals surface area contributed by atoms with Crippen molar-refractivity contribution >= 4 is 5.78 Å². The Bertz CT molecular complexity index is 133. The normalized spacial score (nSPS) is 35.6. The van der Waals surface area contributed by atoms with E-state index in [-0.39, 0.29) is 11.9 Å². The van der Waals surface area contributed by atoms with Crippen molar-refractivity contribution in [1.29, 1.82) is 0 Å². The molecule has 10 heavy (non-hydrogen) atoms. The Morgan fingerprint density at radius 3 is 3.10 bits per heavy atom. The molecule has 1 aliphatic heterocycles. The topological polar surface area (TPSA) is 46.5 Å². The first-order valence-electron chi connectivity index (χ1n) is 3.56. The van der Waals surface area contributed by atoms with E-state index in [1.54, 1.807) is 0 Å². The van der Waals surface area contributed by atoms with E-state index in [0.29, 0.717) is 6.42 Å². The van der Waals surface area contributed by atoms with Gasteiger partial charge in [-0.05, 0) is 19.8 Å². The molecule has 0 aromatic heterocycles. The third kappa shape index (κ3) is 1.78. The summed E-state index contributed by atoms with van der Waals surface area (Å²) in [6.45, 7) is 1.86. The van der Waals surface area contributed by atoms with Crippen molar-refractivity contribution in [3.63, 3.8) is 0 Å². The quantitative estimate of drug-likeness (QED) is 0.537. The largest absolute Gasteiger partial charge is 0.362 e. The van der Waals surface area contributed by atoms with Gasteiger partial charge in [0.1, 0.15) is 0 Å². The highest BCUT2D eigenvalue weighted by Gasteiger charge is 2.21. The van der Waals surface area contributed by atoms with Crippen LogP contribution in [0.2, 0.25) is 0 Å². The monoisotopic (exact) mass is 144 g/mol. The number of carbonyl (C=O) groups excluding carboxylic acids is 1. The van der Waals surface area contributed by atoms with Gasteiger partial charge in [0.25, 0.3) is 0 Å². The van der Waals surface area contributed by atoms with E-state index in [1.165, 1.54) is 0 Å². The number of hydrogen-bond acceptors (Lipinski definition) is 3. The first kappa shape index (κ1) is 7.69. The summed E-state index contributed by atoms with van der Waals surface area (Å²) in [5, 5.41) is 8.96. The Morgan fingerprint density at radius 2 is 2.40 bits per heavy atom. The van der Waals surface area contributed by atoms with E-state index < -0.39 is 6.29 Å². The molecule has 0 spiro atoms. The second-order valence-electron chi connectivity index (χ2n) is 2.66. The van der Waals surface area contributed by atoms with Crippen LogP contribution in [0, 0.1) is 0 Å². The van der Waals surface area contributed by atoms with Crippen LogP contribution in [-0.2, 0) is 9.53 Å². The molecule has 0 bridgehead atoms. The van der Waals surface area contributed by atoms with Crippen LogP contribution in [-0.4, -0.2) is 23.3 Å². The number of hydrogen-bond donors (Lipinski definition) is 1. The number of rotatable bonds is 0. The molecule has 3 heteroatoms. The number of aliphatic hydroxyl groups excluding tert-OH is 1. The van der Waals surface area contributed by atoms with Crippen molar-refractivity contribution in [2.45, 2.75) is 38.6 Å². The zero-order chi connectivity index (χ0) is 7.56. The number of ketones is 1. The van der Waals surface area contributed by atoms with Gasteiger partial charge in [-0.25, -0.2) is 0 Å². The maximum atomic E-state index is 10.8. The van der Waals surface area contributed by atoms with E-state index in [0.717, 1.165) is 12.8 Å². The van der Waals surface area contributed by atoms with E-state index in [4.69, 9.17) is 9.84 Å². The third-order valence-corrected chi connectivity index (χ3v) is 1.67. The average molecular weight is 144 g/mol. The summed E-state index contributed by atoms with van der Waals surface area (Å²) in [6, 6.07) is 0. The Hall–Kier alpha value is -0.410. The van der Waals surface area contributed by atoms with Crippen molar-refractivity contribution in [2.75, 3.05) is 0 Å². The zero-order valence-corrected chi connectivity index (χ0v) is 6.04. The van der Waals surface area contributed by atoms with Gasteiger partial charge in [0, 0.05) is 6.42 Å². The predicted molar refractivity (Wildman–Crippen MR) is 35.4 cm³/mol. The Morgan fingerprint density at radius 1 is 1.70 bits per heavy atom. The molecule has 0 aliphatic carbocycles. The average Bonchev–Trinajstić information content (AvgIpc) is 1.96. The fourth-order valence-corrected chi connectivity index (χ4v) is 1.05. The maximum absolute atomic E-state index is 10.8. The second-order valence-corrected chi connectivity index (χ2v) is 2.66. The summed E-state index contributed by atoms with van der Waals surface area (Å²) in [5.41, 5.74) is 0. The molecule has 1 rings (SSSR count). The standard InChI is InChI=1S/C7H12O3/c1-5-3-2-4-6(8)7(9)10-5/h5,7,9H,2-4H2,1H3. The number of carbonyl (C=O) groups is 1. The minimum Gasteiger partial charge on any atom is -0.362 e. The summed E-state index contributed by atoms with van der Waals surface area (Å²) in [4.78, 5) is 10.8. The molecule has 58 valence electrons. The molecule has 1 saturated heterocycles. The predicted octanol–water partition coefficient (Wildman–Crippen LogP) is 0.463. The highest BCUT2D eigenvalue weighted by atomic mass is 16.6. The van der Waals surface area contributed by atoms with Gasteiger partial charge in [-0.2, -0.15) is 0 Å². The van der Waals surface area contributed by atoms with Gasteiger partial charge in [0.15, 0.2) is 5.78 Å². The van der Waals surface area contributed by atoms with E-state index in [2.05, 4.69) is 0 Å². The van der Waals surface area contributed by atoms with E-state index in [9.17, 15) is 4.79 Å². The van der Waals surface area contributed by atoms with Crippen LogP contribution in [0.15, 0.2) is 0 Å². The molecule has 0 saturated carbocycles. The minimum absolute atomic E-state index is 0.0152. The lowest BCUT2D eigenvalue weighted by atomic mass is 10.1. The summed E-state index contributed by atoms with van der Waals surface area (Å²) in [6.07, 6.45) is 0.990. The SMILES string of the molecule is CC1CCCC(=O)C(O)O1. The molecule has 1 aliphatic rings. The van der Waals surface area contributed by atoms with Gasteiger partial charge < -0.3 is 9.84 Å². The highest BCUT2D eigenvalue weighted by Crippen LogP contribution is 2.13. The molecule has 1 N–H and O–H groups in total. The maximum Gasteiger partial charge on any atom is 0.215 e. The van der Waals surface area contributed by atoms with Gasteiger partial charge in [0.05, 0.1) is 6.10 Å². The summed E-state index contributed by atoms with van der Waals surface area (Å²) >= 11 is 0. The lowest BCUT2D eigenvalue weighted by molar-refractivity contribution is -0.161. The molecular formula is C7H12O3. The van der Waals surface area contributed by atoms with Crippen LogP contribution in [0.4, 0.5) is 0 Å². The van der Waals surface area contributed by atoms with Gasteiger partial charge in [-0.15, -0.1) is 0 Å². The van der Waals surface area contributed by atoms with Gasteiger partial charge in [-0.3, -0.25) is 4.79 Å². The first-order valence-corrected chi connectivity index (χ1v) is 3.56. The smallest absolute Gasteiger partial charge is 0.215 e. The van der Waals surface area contributed by atoms with Crippen molar-refractivity contribution < 1.29 is 14.6 Å². The van der Waals surface area contributed by atoms with Crippen molar-refractivity contribution in [2.24, 2.45) is 0 Å². The molecule has 1 fully saturated rings. The molecule has 0 radical (unpaired) electrons. The van der Waals surface area contributed by atoms with Crippen LogP contribution in [0.5, 0.6) is 0 Å².